The van der Waals surface area contributed by atoms with Gasteiger partial charge in [0.2, 0.25) is 5.78 Å². The molecule has 0 atom stereocenters. The van der Waals surface area contributed by atoms with Gasteiger partial charge in [0.05, 0.1) is 11.8 Å². The molecule has 4 heterocycles. The van der Waals surface area contributed by atoms with Gasteiger partial charge in [0.25, 0.3) is 0 Å². The zero-order valence-corrected chi connectivity index (χ0v) is 25.9. The first-order chi connectivity index (χ1) is 21.2. The fourth-order valence-electron chi connectivity index (χ4n) is 4.85. The number of hydrogen-bond donors (Lipinski definition) is 1. The van der Waals surface area contributed by atoms with Gasteiger partial charge in [0.1, 0.15) is 21.6 Å². The van der Waals surface area contributed by atoms with E-state index in [9.17, 15) is 14.4 Å². The first-order valence-corrected chi connectivity index (χ1v) is 15.7. The number of anilines is 1. The molecule has 7 rings (SSSR count). The number of ketones is 1. The van der Waals surface area contributed by atoms with Crippen molar-refractivity contribution in [1.82, 2.24) is 0 Å². The summed E-state index contributed by atoms with van der Waals surface area (Å²) in [5.74, 6) is 5.27. The maximum Gasteiger partial charge on any atom is 0.347 e. The van der Waals surface area contributed by atoms with Crippen molar-refractivity contribution in [1.29, 1.82) is 0 Å². The lowest BCUT2D eigenvalue weighted by atomic mass is 10.1. The van der Waals surface area contributed by atoms with E-state index < -0.39 is 5.63 Å². The molecule has 6 nitrogen and oxygen atoms in total. The van der Waals surface area contributed by atoms with Gasteiger partial charge in [-0.25, -0.2) is 9.59 Å². The molecular weight excluding hydrogens is 591 g/mol. The zero-order chi connectivity index (χ0) is 30.8. The molecule has 0 amide bonds. The quantitative estimate of drug-likeness (QED) is 0.158. The van der Waals surface area contributed by atoms with Gasteiger partial charge < -0.3 is 14.2 Å². The fraction of sp³-hybridized carbons (Fsp3) is 0.139. The van der Waals surface area contributed by atoms with E-state index in [1.54, 1.807) is 17.4 Å². The van der Waals surface area contributed by atoms with Crippen molar-refractivity contribution >= 4 is 76.9 Å². The summed E-state index contributed by atoms with van der Waals surface area (Å²) in [6.07, 6.45) is 0.108. The van der Waals surface area contributed by atoms with Crippen LogP contribution in [0.5, 0.6) is 0 Å². The topological polar surface area (TPSA) is 89.5 Å². The Morgan fingerprint density at radius 3 is 1.91 bits per heavy atom. The summed E-state index contributed by atoms with van der Waals surface area (Å²) >= 11 is 2.94. The average molecular weight is 618 g/mol. The maximum atomic E-state index is 12.3. The molecule has 8 heteroatoms. The minimum absolute atomic E-state index is 0.0874. The number of nitrogens with one attached hydrogen (secondary N) is 1. The van der Waals surface area contributed by atoms with Crippen LogP contribution >= 0.6 is 22.7 Å². The largest absolute Gasteiger partial charge is 0.422 e. The Hall–Kier alpha value is -4.97. The summed E-state index contributed by atoms with van der Waals surface area (Å²) in [6, 6.07) is 24.4. The van der Waals surface area contributed by atoms with Crippen LogP contribution in [0, 0.1) is 11.8 Å². The summed E-state index contributed by atoms with van der Waals surface area (Å²) in [6.45, 7) is 6.21. The van der Waals surface area contributed by atoms with E-state index in [4.69, 9.17) is 8.83 Å². The second-order valence-corrected chi connectivity index (χ2v) is 13.0. The number of carbonyl (C=O) groups excluding carboxylic acids is 1. The predicted octanol–water partition coefficient (Wildman–Crippen LogP) is 8.39. The highest BCUT2D eigenvalue weighted by atomic mass is 32.1. The van der Waals surface area contributed by atoms with E-state index in [1.807, 2.05) is 83.6 Å². The third-order valence-electron chi connectivity index (χ3n) is 6.76. The third kappa shape index (κ3) is 6.06. The van der Waals surface area contributed by atoms with Crippen molar-refractivity contribution in [3.63, 3.8) is 0 Å². The van der Waals surface area contributed by atoms with Gasteiger partial charge in [-0.05, 0) is 56.3 Å². The Morgan fingerprint density at radius 2 is 1.27 bits per heavy atom. The minimum Gasteiger partial charge on any atom is -0.422 e. The Kier molecular flexibility index (Phi) is 7.92. The Bertz CT molecular complexity index is 2340. The normalized spacial score (nSPS) is 11.2. The Labute approximate surface area is 260 Å². The van der Waals surface area contributed by atoms with Gasteiger partial charge in [0.15, 0.2) is 0 Å². The van der Waals surface area contributed by atoms with Crippen molar-refractivity contribution in [2.75, 3.05) is 5.32 Å². The van der Waals surface area contributed by atoms with Gasteiger partial charge in [-0.1, -0.05) is 60.5 Å². The van der Waals surface area contributed by atoms with E-state index in [0.717, 1.165) is 32.1 Å². The standard InChI is InChI=1S/C21H12O3S.C15H15NO2S/c22-15(11-10-14-6-2-1-3-7-14)12-19-20-17(13-25-19)16-8-4-5-9-18(16)24-21(20)23;1-15(2,3)16-13-12-10(8-19-13)9-6-4-5-7-11(9)18-14(12)17/h1-9,13H,12H2;4-8,16H,1-3H3. The predicted molar refractivity (Wildman–Crippen MR) is 181 cm³/mol. The van der Waals surface area contributed by atoms with Crippen molar-refractivity contribution in [3.8, 4) is 11.8 Å². The van der Waals surface area contributed by atoms with Crippen LogP contribution in [0.3, 0.4) is 0 Å². The second-order valence-electron chi connectivity index (χ2n) is 11.2. The Balaban J connectivity index is 0.000000162. The van der Waals surface area contributed by atoms with Crippen molar-refractivity contribution in [2.45, 2.75) is 32.7 Å². The van der Waals surface area contributed by atoms with E-state index in [-0.39, 0.29) is 23.4 Å². The van der Waals surface area contributed by atoms with E-state index in [1.165, 1.54) is 11.3 Å². The number of rotatable bonds is 3. The van der Waals surface area contributed by atoms with Gasteiger partial charge in [0, 0.05) is 42.9 Å². The molecule has 3 aromatic carbocycles. The lowest BCUT2D eigenvalue weighted by Gasteiger charge is -2.20. The molecule has 7 aromatic rings. The van der Waals surface area contributed by atoms with Crippen LogP contribution < -0.4 is 16.6 Å². The highest BCUT2D eigenvalue weighted by Crippen LogP contribution is 2.34. The second kappa shape index (κ2) is 12.0. The first-order valence-electron chi connectivity index (χ1n) is 13.9. The monoisotopic (exact) mass is 617 g/mol. The number of benzene rings is 3. The van der Waals surface area contributed by atoms with Crippen LogP contribution in [0.15, 0.2) is 108 Å². The number of para-hydroxylation sites is 2. The van der Waals surface area contributed by atoms with Crippen LogP contribution in [0.4, 0.5) is 5.00 Å². The summed E-state index contributed by atoms with van der Waals surface area (Å²) in [5.41, 5.74) is 1.21. The molecule has 0 saturated heterocycles. The third-order valence-corrected chi connectivity index (χ3v) is 8.64. The van der Waals surface area contributed by atoms with Crippen LogP contribution in [-0.4, -0.2) is 11.3 Å². The number of hydrogen-bond acceptors (Lipinski definition) is 8. The van der Waals surface area contributed by atoms with Crippen molar-refractivity contribution < 1.29 is 13.6 Å². The molecule has 44 heavy (non-hydrogen) atoms. The lowest BCUT2D eigenvalue weighted by Crippen LogP contribution is -2.26. The molecule has 218 valence electrons. The molecule has 0 fully saturated rings. The van der Waals surface area contributed by atoms with Crippen molar-refractivity contribution in [3.05, 3.63) is 121 Å². The summed E-state index contributed by atoms with van der Waals surface area (Å²) in [7, 11) is 0. The highest BCUT2D eigenvalue weighted by Gasteiger charge is 2.18. The van der Waals surface area contributed by atoms with Crippen LogP contribution in [-0.2, 0) is 11.2 Å². The lowest BCUT2D eigenvalue weighted by molar-refractivity contribution is -0.113. The SMILES string of the molecule is CC(C)(C)Nc1scc2c1c(=O)oc1ccccc12.O=C(C#Cc1ccccc1)Cc1scc2c1c(=O)oc1ccccc12. The number of thiophene rings is 2. The maximum absolute atomic E-state index is 12.3. The van der Waals surface area contributed by atoms with Gasteiger partial charge >= 0.3 is 11.3 Å². The fourth-order valence-corrected chi connectivity index (χ4v) is 7.04. The molecule has 0 aliphatic heterocycles. The number of carbonyl (C=O) groups is 1. The highest BCUT2D eigenvalue weighted by molar-refractivity contribution is 7.16. The molecule has 0 spiro atoms. The van der Waals surface area contributed by atoms with Gasteiger partial charge in [-0.2, -0.15) is 0 Å². The molecule has 4 aromatic heterocycles. The van der Waals surface area contributed by atoms with Crippen LogP contribution in [0.2, 0.25) is 0 Å². The summed E-state index contributed by atoms with van der Waals surface area (Å²) < 4.78 is 10.8. The first kappa shape index (κ1) is 29.1. The zero-order valence-electron chi connectivity index (χ0n) is 24.2. The molecule has 0 aliphatic carbocycles. The van der Waals surface area contributed by atoms with E-state index in [2.05, 4.69) is 37.9 Å². The Morgan fingerprint density at radius 1 is 0.727 bits per heavy atom. The number of Topliss-reactive ketones (excluding diaryl/α,β-unsaturated/α-hetero) is 1. The molecule has 0 saturated carbocycles. The summed E-state index contributed by atoms with van der Waals surface area (Å²) in [5, 5.41) is 13.0. The smallest absolute Gasteiger partial charge is 0.347 e. The van der Waals surface area contributed by atoms with E-state index >= 15 is 0 Å². The van der Waals surface area contributed by atoms with Crippen LogP contribution in [0.25, 0.3) is 43.5 Å². The van der Waals surface area contributed by atoms with Crippen molar-refractivity contribution in [2.24, 2.45) is 0 Å². The molecule has 0 bridgehead atoms. The summed E-state index contributed by atoms with van der Waals surface area (Å²) in [4.78, 5) is 37.4. The number of fused-ring (bicyclic) bond motifs is 6. The van der Waals surface area contributed by atoms with E-state index in [0.29, 0.717) is 26.8 Å². The molecule has 0 radical (unpaired) electrons. The molecule has 0 unspecified atom stereocenters. The molecular formula is C36H27NO5S2. The van der Waals surface area contributed by atoms with Gasteiger partial charge in [-0.15, -0.1) is 22.7 Å². The molecule has 1 N–H and O–H groups in total. The average Bonchev–Trinajstić information content (AvgIpc) is 3.62. The molecule has 0 aliphatic rings. The van der Waals surface area contributed by atoms with Gasteiger partial charge in [-0.3, -0.25) is 4.79 Å². The van der Waals surface area contributed by atoms with Crippen LogP contribution in [0.1, 0.15) is 31.2 Å². The minimum atomic E-state index is -0.409.